The van der Waals surface area contributed by atoms with Crippen LogP contribution in [0.4, 0.5) is 0 Å². The monoisotopic (exact) mass is 711 g/mol. The minimum atomic E-state index is 0. The molecule has 0 bridgehead atoms. The topological polar surface area (TPSA) is 50.9 Å². The van der Waals surface area contributed by atoms with Crippen LogP contribution in [0.1, 0.15) is 11.1 Å². The van der Waals surface area contributed by atoms with Gasteiger partial charge in [0.2, 0.25) is 0 Å². The van der Waals surface area contributed by atoms with Crippen molar-refractivity contribution in [3.8, 4) is 45.1 Å². The molecule has 0 saturated carbocycles. The minimum absolute atomic E-state index is 0. The summed E-state index contributed by atoms with van der Waals surface area (Å²) in [6.45, 7) is 4.30. The second-order valence-corrected chi connectivity index (χ2v) is 10.1. The summed E-state index contributed by atoms with van der Waals surface area (Å²) in [5, 5.41) is 12.7. The van der Waals surface area contributed by atoms with Gasteiger partial charge in [-0.1, -0.05) is 66.2 Å². The molecule has 0 saturated heterocycles. The molecule has 3 aromatic heterocycles. The molecule has 0 aliphatic carbocycles. The van der Waals surface area contributed by atoms with E-state index in [0.717, 1.165) is 44.4 Å². The van der Waals surface area contributed by atoms with Gasteiger partial charge in [0.25, 0.3) is 0 Å². The third kappa shape index (κ3) is 4.65. The molecule has 1 N–H and O–H groups in total. The molecule has 4 nitrogen and oxygen atoms in total. The first-order chi connectivity index (χ1) is 19.6. The largest absolute Gasteiger partial charge is 0.507 e. The molecule has 7 aromatic rings. The van der Waals surface area contributed by atoms with Crippen molar-refractivity contribution >= 4 is 21.9 Å². The fraction of sp³-hybridized carbons (Fsp3) is 0.0556. The van der Waals surface area contributed by atoms with Gasteiger partial charge in [-0.3, -0.25) is 4.98 Å². The number of aryl methyl sites for hydroxylation is 2. The second kappa shape index (κ2) is 10.8. The van der Waals surface area contributed by atoms with Crippen LogP contribution in [0.25, 0.3) is 61.3 Å². The first-order valence-electron chi connectivity index (χ1n) is 13.3. The molecular weight excluding hydrogens is 685 g/mol. The van der Waals surface area contributed by atoms with Gasteiger partial charge in [0.1, 0.15) is 11.4 Å². The average Bonchev–Trinajstić information content (AvgIpc) is 3.32. The van der Waals surface area contributed by atoms with Crippen LogP contribution in [-0.4, -0.2) is 19.6 Å². The van der Waals surface area contributed by atoms with Crippen molar-refractivity contribution in [2.45, 2.75) is 13.8 Å². The van der Waals surface area contributed by atoms with E-state index < -0.39 is 0 Å². The summed E-state index contributed by atoms with van der Waals surface area (Å²) in [6, 6.07) is 40.1. The molecule has 0 spiro atoms. The number of fused-ring (bicyclic) bond motifs is 3. The number of hydrogen-bond acceptors (Lipinski definition) is 3. The van der Waals surface area contributed by atoms with Crippen molar-refractivity contribution in [3.05, 3.63) is 133 Å². The Balaban J connectivity index is 0.00000302. The van der Waals surface area contributed by atoms with Crippen LogP contribution in [-0.2, 0) is 21.1 Å². The zero-order valence-electron chi connectivity index (χ0n) is 22.6. The first-order valence-corrected chi connectivity index (χ1v) is 13.3. The Morgan fingerprint density at radius 3 is 2.24 bits per heavy atom. The van der Waals surface area contributed by atoms with Crippen LogP contribution in [0.15, 0.2) is 115 Å². The van der Waals surface area contributed by atoms with Gasteiger partial charge in [-0.15, -0.1) is 23.8 Å². The molecule has 4 aromatic carbocycles. The average molecular weight is 712 g/mol. The van der Waals surface area contributed by atoms with Crippen molar-refractivity contribution < 1.29 is 26.2 Å². The number of phenolic OH excluding ortho intramolecular Hbond substituents is 1. The molecule has 0 atom stereocenters. The van der Waals surface area contributed by atoms with E-state index >= 15 is 0 Å². The van der Waals surface area contributed by atoms with Crippen molar-refractivity contribution in [2.24, 2.45) is 0 Å². The third-order valence-electron chi connectivity index (χ3n) is 7.50. The summed E-state index contributed by atoms with van der Waals surface area (Å²) in [6.07, 6.45) is 1.84. The summed E-state index contributed by atoms with van der Waals surface area (Å²) in [4.78, 5) is 9.78. The van der Waals surface area contributed by atoms with Gasteiger partial charge in [0, 0.05) is 43.6 Å². The van der Waals surface area contributed by atoms with Crippen LogP contribution in [0.5, 0.6) is 5.75 Å². The van der Waals surface area contributed by atoms with E-state index in [0.29, 0.717) is 11.3 Å². The Kier molecular flexibility index (Phi) is 7.03. The summed E-state index contributed by atoms with van der Waals surface area (Å²) in [5.74, 6) is 0.206. The number of benzene rings is 4. The molecule has 0 aliphatic rings. The van der Waals surface area contributed by atoms with Crippen LogP contribution in [0, 0.1) is 19.9 Å². The van der Waals surface area contributed by atoms with E-state index in [9.17, 15) is 5.11 Å². The number of phenols is 1. The second-order valence-electron chi connectivity index (χ2n) is 10.1. The Morgan fingerprint density at radius 2 is 1.41 bits per heavy atom. The molecule has 0 amide bonds. The smallest absolute Gasteiger partial charge is 0.144 e. The van der Waals surface area contributed by atoms with Crippen molar-refractivity contribution in [1.29, 1.82) is 0 Å². The molecule has 202 valence electrons. The van der Waals surface area contributed by atoms with Crippen LogP contribution in [0.2, 0.25) is 0 Å². The summed E-state index contributed by atoms with van der Waals surface area (Å²) >= 11 is 0. The number of nitrogens with zero attached hydrogens (tertiary/aromatic N) is 3. The van der Waals surface area contributed by atoms with Gasteiger partial charge in [0.05, 0.1) is 11.2 Å². The molecule has 5 heteroatoms. The van der Waals surface area contributed by atoms with E-state index in [2.05, 4.69) is 85.1 Å². The maximum absolute atomic E-state index is 10.5. The van der Waals surface area contributed by atoms with E-state index in [1.807, 2.05) is 48.7 Å². The third-order valence-corrected chi connectivity index (χ3v) is 7.50. The normalized spacial score (nSPS) is 11.1. The zero-order chi connectivity index (χ0) is 27.2. The van der Waals surface area contributed by atoms with E-state index in [4.69, 9.17) is 9.97 Å². The fourth-order valence-corrected chi connectivity index (χ4v) is 5.69. The first kappa shape index (κ1) is 26.7. The Labute approximate surface area is 253 Å². The predicted octanol–water partition coefficient (Wildman–Crippen LogP) is 8.69. The van der Waals surface area contributed by atoms with Gasteiger partial charge in [-0.25, -0.2) is 4.98 Å². The maximum Gasteiger partial charge on any atom is 0.144 e. The maximum atomic E-state index is 10.5. The van der Waals surface area contributed by atoms with E-state index in [1.165, 1.54) is 16.7 Å². The molecular formula is C36H26N3OPt-. The van der Waals surface area contributed by atoms with Gasteiger partial charge < -0.3 is 9.67 Å². The molecule has 0 radical (unpaired) electrons. The molecule has 0 unspecified atom stereocenters. The number of pyridine rings is 2. The van der Waals surface area contributed by atoms with Gasteiger partial charge in [0.15, 0.2) is 0 Å². The predicted molar refractivity (Wildman–Crippen MR) is 163 cm³/mol. The van der Waals surface area contributed by atoms with Crippen molar-refractivity contribution in [3.63, 3.8) is 0 Å². The zero-order valence-corrected chi connectivity index (χ0v) is 24.8. The Morgan fingerprint density at radius 1 is 0.707 bits per heavy atom. The van der Waals surface area contributed by atoms with Crippen LogP contribution in [0.3, 0.4) is 0 Å². The summed E-state index contributed by atoms with van der Waals surface area (Å²) < 4.78 is 2.19. The SMILES string of the molecule is Cc1cccc(C)c1-c1cc(-c2cccc(-c3ccccc3O)n2)[c-]c(-n2c3ccccc3c3cccnc32)c1.[Pt]. The standard InChI is InChI=1S/C36H26N3O.Pt/c1-23-10-7-11-24(2)35(23)26-20-25(31-15-8-16-32(38-31)30-13-4-6-18-34(30)40)21-27(22-26)39-33-17-5-3-12-28(33)29-14-9-19-37-36(29)39;/h3-20,22,40H,1-2H3;/q-1;. The summed E-state index contributed by atoms with van der Waals surface area (Å²) in [7, 11) is 0. The number of aromatic hydroxyl groups is 1. The van der Waals surface area contributed by atoms with Crippen LogP contribution < -0.4 is 0 Å². The number of hydrogen-bond donors (Lipinski definition) is 1. The van der Waals surface area contributed by atoms with Crippen molar-refractivity contribution in [1.82, 2.24) is 14.5 Å². The molecule has 0 fully saturated rings. The van der Waals surface area contributed by atoms with E-state index in [1.54, 1.807) is 6.07 Å². The minimum Gasteiger partial charge on any atom is -0.507 e. The molecule has 41 heavy (non-hydrogen) atoms. The summed E-state index contributed by atoms with van der Waals surface area (Å²) in [5.41, 5.74) is 10.6. The van der Waals surface area contributed by atoms with Gasteiger partial charge in [-0.2, -0.15) is 0 Å². The van der Waals surface area contributed by atoms with Crippen LogP contribution >= 0.6 is 0 Å². The Hall–Kier alpha value is -4.53. The fourth-order valence-electron chi connectivity index (χ4n) is 5.69. The van der Waals surface area contributed by atoms with Gasteiger partial charge in [-0.05, 0) is 78.3 Å². The number of rotatable bonds is 4. The number of aromatic nitrogens is 3. The quantitative estimate of drug-likeness (QED) is 0.186. The Bertz CT molecular complexity index is 1990. The van der Waals surface area contributed by atoms with Gasteiger partial charge >= 0.3 is 0 Å². The molecule has 7 rings (SSSR count). The molecule has 3 heterocycles. The number of para-hydroxylation sites is 2. The molecule has 0 aliphatic heterocycles. The van der Waals surface area contributed by atoms with Crippen molar-refractivity contribution in [2.75, 3.05) is 0 Å². The van der Waals surface area contributed by atoms with E-state index in [-0.39, 0.29) is 26.8 Å².